The number of hydrogen-bond acceptors (Lipinski definition) is 6. The van der Waals surface area contributed by atoms with Crippen LogP contribution in [0.2, 0.25) is 0 Å². The van der Waals surface area contributed by atoms with Crippen molar-refractivity contribution in [3.8, 4) is 22.1 Å². The fraction of sp³-hybridized carbons (Fsp3) is 0.138. The molecule has 1 N–H and O–H groups in total. The predicted octanol–water partition coefficient (Wildman–Crippen LogP) is 7.17. The Kier molecular flexibility index (Phi) is 7.39. The Bertz CT molecular complexity index is 1530. The van der Waals surface area contributed by atoms with E-state index in [-0.39, 0.29) is 5.91 Å². The number of rotatable bonds is 8. The number of para-hydroxylation sites is 2. The van der Waals surface area contributed by atoms with Crippen molar-refractivity contribution in [2.75, 3.05) is 12.4 Å². The van der Waals surface area contributed by atoms with Gasteiger partial charge in [-0.25, -0.2) is 0 Å². The van der Waals surface area contributed by atoms with Gasteiger partial charge in [-0.1, -0.05) is 48.2 Å². The Morgan fingerprint density at radius 1 is 0.973 bits per heavy atom. The summed E-state index contributed by atoms with van der Waals surface area (Å²) >= 11 is 3.21. The van der Waals surface area contributed by atoms with Gasteiger partial charge in [-0.3, -0.25) is 9.36 Å². The molecule has 3 aromatic carbocycles. The van der Waals surface area contributed by atoms with Crippen molar-refractivity contribution in [3.05, 3.63) is 106 Å². The molecule has 5 aromatic rings. The van der Waals surface area contributed by atoms with Gasteiger partial charge in [-0.15, -0.1) is 21.5 Å². The van der Waals surface area contributed by atoms with E-state index in [4.69, 9.17) is 4.74 Å². The summed E-state index contributed by atoms with van der Waals surface area (Å²) in [6.07, 6.45) is 0. The van der Waals surface area contributed by atoms with Crippen LogP contribution in [0, 0.1) is 13.8 Å². The summed E-state index contributed by atoms with van der Waals surface area (Å²) in [6, 6.07) is 25.5. The summed E-state index contributed by atoms with van der Waals surface area (Å²) in [6.45, 7) is 4.09. The molecule has 0 aliphatic carbocycles. The number of aromatic nitrogens is 3. The number of amides is 1. The zero-order valence-corrected chi connectivity index (χ0v) is 22.4. The SMILES string of the molecule is COc1ccccc1-n1c(SCc2ccc(C(=O)Nc3ccc(C)c(C)c3)cc2)nnc1-c1cccs1. The van der Waals surface area contributed by atoms with E-state index < -0.39 is 0 Å². The molecule has 0 aliphatic rings. The van der Waals surface area contributed by atoms with Gasteiger partial charge in [0.1, 0.15) is 5.75 Å². The Morgan fingerprint density at radius 3 is 2.51 bits per heavy atom. The molecule has 0 spiro atoms. The largest absolute Gasteiger partial charge is 0.495 e. The number of aryl methyl sites for hydroxylation is 2. The van der Waals surface area contributed by atoms with Crippen LogP contribution in [0.1, 0.15) is 27.0 Å². The van der Waals surface area contributed by atoms with Crippen molar-refractivity contribution in [1.29, 1.82) is 0 Å². The van der Waals surface area contributed by atoms with E-state index in [0.717, 1.165) is 44.1 Å². The first-order valence-electron chi connectivity index (χ1n) is 11.8. The van der Waals surface area contributed by atoms with Crippen LogP contribution >= 0.6 is 23.1 Å². The molecular formula is C29H26N4O2S2. The highest BCUT2D eigenvalue weighted by molar-refractivity contribution is 7.98. The monoisotopic (exact) mass is 526 g/mol. The number of carbonyl (C=O) groups excluding carboxylic acids is 1. The van der Waals surface area contributed by atoms with Gasteiger partial charge in [-0.05, 0) is 78.4 Å². The molecule has 6 nitrogen and oxygen atoms in total. The molecule has 2 aromatic heterocycles. The maximum atomic E-state index is 12.7. The molecule has 0 unspecified atom stereocenters. The highest BCUT2D eigenvalue weighted by Crippen LogP contribution is 2.35. The van der Waals surface area contributed by atoms with Crippen molar-refractivity contribution in [2.45, 2.75) is 24.8 Å². The van der Waals surface area contributed by atoms with Gasteiger partial charge in [0.05, 0.1) is 17.7 Å². The number of thiophene rings is 1. The molecule has 5 rings (SSSR count). The minimum Gasteiger partial charge on any atom is -0.495 e. The van der Waals surface area contributed by atoms with Crippen molar-refractivity contribution >= 4 is 34.7 Å². The molecule has 0 aliphatic heterocycles. The Balaban J connectivity index is 1.34. The molecule has 8 heteroatoms. The van der Waals surface area contributed by atoms with Crippen molar-refractivity contribution < 1.29 is 9.53 Å². The second kappa shape index (κ2) is 11.0. The van der Waals surface area contributed by atoms with Gasteiger partial charge in [0.25, 0.3) is 5.91 Å². The average molecular weight is 527 g/mol. The smallest absolute Gasteiger partial charge is 0.255 e. The van der Waals surface area contributed by atoms with Crippen molar-refractivity contribution in [1.82, 2.24) is 14.8 Å². The summed E-state index contributed by atoms with van der Waals surface area (Å²) in [5.41, 5.74) is 5.73. The zero-order chi connectivity index (χ0) is 25.8. The average Bonchev–Trinajstić information content (AvgIpc) is 3.60. The van der Waals surface area contributed by atoms with Crippen LogP contribution in [0.3, 0.4) is 0 Å². The molecular weight excluding hydrogens is 500 g/mol. The van der Waals surface area contributed by atoms with Gasteiger partial charge in [0.2, 0.25) is 0 Å². The van der Waals surface area contributed by atoms with E-state index in [9.17, 15) is 4.79 Å². The second-order valence-electron chi connectivity index (χ2n) is 8.53. The Hall–Kier alpha value is -3.88. The number of ether oxygens (including phenoxy) is 1. The number of carbonyl (C=O) groups is 1. The molecule has 0 radical (unpaired) electrons. The normalized spacial score (nSPS) is 10.9. The van der Waals surface area contributed by atoms with Gasteiger partial charge < -0.3 is 10.1 Å². The van der Waals surface area contributed by atoms with Crippen LogP contribution < -0.4 is 10.1 Å². The van der Waals surface area contributed by atoms with Crippen LogP contribution in [-0.2, 0) is 5.75 Å². The first-order valence-corrected chi connectivity index (χ1v) is 13.6. The van der Waals surface area contributed by atoms with Gasteiger partial charge >= 0.3 is 0 Å². The minimum absolute atomic E-state index is 0.126. The Labute approximate surface area is 224 Å². The molecule has 0 saturated heterocycles. The summed E-state index contributed by atoms with van der Waals surface area (Å²) < 4.78 is 7.67. The fourth-order valence-corrected chi connectivity index (χ4v) is 5.48. The maximum Gasteiger partial charge on any atom is 0.255 e. The number of nitrogens with one attached hydrogen (secondary N) is 1. The number of benzene rings is 3. The molecule has 0 fully saturated rings. The molecule has 0 saturated carbocycles. The van der Waals surface area contributed by atoms with Crippen LogP contribution in [-0.4, -0.2) is 27.8 Å². The summed E-state index contributed by atoms with van der Waals surface area (Å²) in [5.74, 6) is 2.08. The van der Waals surface area contributed by atoms with Gasteiger partial charge in [-0.2, -0.15) is 0 Å². The summed E-state index contributed by atoms with van der Waals surface area (Å²) in [7, 11) is 1.67. The number of anilines is 1. The second-order valence-corrected chi connectivity index (χ2v) is 10.4. The first-order chi connectivity index (χ1) is 18.0. The topological polar surface area (TPSA) is 69.0 Å². The highest BCUT2D eigenvalue weighted by Gasteiger charge is 2.19. The lowest BCUT2D eigenvalue weighted by Crippen LogP contribution is -2.12. The van der Waals surface area contributed by atoms with E-state index >= 15 is 0 Å². The first kappa shape index (κ1) is 24.8. The van der Waals surface area contributed by atoms with Crippen LogP contribution in [0.25, 0.3) is 16.4 Å². The third-order valence-electron chi connectivity index (χ3n) is 6.05. The minimum atomic E-state index is -0.126. The third-order valence-corrected chi connectivity index (χ3v) is 7.92. The van der Waals surface area contributed by atoms with Crippen LogP contribution in [0.15, 0.2) is 89.4 Å². The lowest BCUT2D eigenvalue weighted by atomic mass is 10.1. The van der Waals surface area contributed by atoms with E-state index in [1.54, 1.807) is 30.2 Å². The molecule has 0 atom stereocenters. The van der Waals surface area contributed by atoms with E-state index in [1.807, 2.05) is 95.7 Å². The van der Waals surface area contributed by atoms with Crippen molar-refractivity contribution in [2.24, 2.45) is 0 Å². The number of thioether (sulfide) groups is 1. The zero-order valence-electron chi connectivity index (χ0n) is 20.8. The molecule has 2 heterocycles. The Morgan fingerprint density at radius 2 is 1.78 bits per heavy atom. The molecule has 1 amide bonds. The fourth-order valence-electron chi connectivity index (χ4n) is 3.88. The summed E-state index contributed by atoms with van der Waals surface area (Å²) in [5, 5.41) is 14.8. The number of hydrogen-bond donors (Lipinski definition) is 1. The molecule has 0 bridgehead atoms. The highest BCUT2D eigenvalue weighted by atomic mass is 32.2. The quantitative estimate of drug-likeness (QED) is 0.217. The molecule has 186 valence electrons. The molecule has 37 heavy (non-hydrogen) atoms. The van der Waals surface area contributed by atoms with Crippen molar-refractivity contribution in [3.63, 3.8) is 0 Å². The lowest BCUT2D eigenvalue weighted by Gasteiger charge is -2.13. The number of nitrogens with zero attached hydrogens (tertiary/aromatic N) is 3. The van der Waals surface area contributed by atoms with E-state index in [1.165, 1.54) is 5.56 Å². The van der Waals surface area contributed by atoms with E-state index in [0.29, 0.717) is 11.3 Å². The van der Waals surface area contributed by atoms with Crippen LogP contribution in [0.4, 0.5) is 5.69 Å². The lowest BCUT2D eigenvalue weighted by molar-refractivity contribution is 0.102. The maximum absolute atomic E-state index is 12.7. The van der Waals surface area contributed by atoms with E-state index in [2.05, 4.69) is 22.4 Å². The number of methoxy groups -OCH3 is 1. The predicted molar refractivity (Wildman–Crippen MR) is 151 cm³/mol. The summed E-state index contributed by atoms with van der Waals surface area (Å²) in [4.78, 5) is 13.8. The third kappa shape index (κ3) is 5.45. The van der Waals surface area contributed by atoms with Gasteiger partial charge in [0.15, 0.2) is 11.0 Å². The van der Waals surface area contributed by atoms with Gasteiger partial charge in [0, 0.05) is 17.0 Å². The standard InChI is InChI=1S/C29H26N4O2S2/c1-19-10-15-23(17-20(19)2)30-28(34)22-13-11-21(12-14-22)18-37-29-32-31-27(26-9-6-16-36-26)33(29)24-7-4-5-8-25(24)35-3/h4-17H,18H2,1-3H3,(H,30,34). The van der Waals surface area contributed by atoms with Crippen LogP contribution in [0.5, 0.6) is 5.75 Å².